The van der Waals surface area contributed by atoms with Crippen LogP contribution in [0.1, 0.15) is 0 Å². The lowest BCUT2D eigenvalue weighted by Gasteiger charge is -1.85. The van der Waals surface area contributed by atoms with Crippen LogP contribution in [0.25, 0.3) is 0 Å². The minimum Gasteiger partial charge on any atom is -0.184 e. The molecule has 1 aromatic rings. The second-order valence-corrected chi connectivity index (χ2v) is 1.95. The Morgan fingerprint density at radius 1 is 1.44 bits per heavy atom. The van der Waals surface area contributed by atoms with Crippen molar-refractivity contribution in [1.29, 1.82) is 0 Å². The summed E-state index contributed by atoms with van der Waals surface area (Å²) < 4.78 is 1.51. The van der Waals surface area contributed by atoms with Crippen LogP contribution in [0.5, 0.6) is 0 Å². The van der Waals surface area contributed by atoms with Gasteiger partial charge < -0.3 is 0 Å². The molecule has 1 aliphatic heterocycles. The SMILES string of the molecule is S=C1N=Nc2ccnn21. The zero-order chi connectivity index (χ0) is 6.27. The van der Waals surface area contributed by atoms with Gasteiger partial charge in [0.1, 0.15) is 0 Å². The molecule has 0 spiro atoms. The lowest BCUT2D eigenvalue weighted by Crippen LogP contribution is -2.01. The molecular formula is C4H2N4S. The third-order valence-corrected chi connectivity index (χ3v) is 1.30. The van der Waals surface area contributed by atoms with Crippen molar-refractivity contribution < 1.29 is 0 Å². The van der Waals surface area contributed by atoms with E-state index in [0.717, 1.165) is 0 Å². The van der Waals surface area contributed by atoms with Crippen LogP contribution in [-0.2, 0) is 0 Å². The van der Waals surface area contributed by atoms with Gasteiger partial charge in [0.25, 0.3) is 0 Å². The van der Waals surface area contributed by atoms with Crippen LogP contribution in [0.4, 0.5) is 5.82 Å². The number of hydrogen-bond acceptors (Lipinski definition) is 3. The third kappa shape index (κ3) is 0.517. The molecule has 0 N–H and O–H groups in total. The van der Waals surface area contributed by atoms with Crippen molar-refractivity contribution >= 4 is 23.1 Å². The van der Waals surface area contributed by atoms with Crippen molar-refractivity contribution in [2.24, 2.45) is 10.2 Å². The maximum atomic E-state index is 4.77. The van der Waals surface area contributed by atoms with Gasteiger partial charge in [0.15, 0.2) is 5.82 Å². The number of aromatic nitrogens is 2. The maximum absolute atomic E-state index is 4.77. The van der Waals surface area contributed by atoms with E-state index in [1.165, 1.54) is 4.68 Å². The lowest BCUT2D eigenvalue weighted by atomic mass is 10.7. The molecule has 0 unspecified atom stereocenters. The van der Waals surface area contributed by atoms with E-state index in [4.69, 9.17) is 12.2 Å². The molecule has 0 atom stereocenters. The average Bonchev–Trinajstić information content (AvgIpc) is 2.35. The topological polar surface area (TPSA) is 42.5 Å². The van der Waals surface area contributed by atoms with Gasteiger partial charge in [0.2, 0.25) is 5.11 Å². The summed E-state index contributed by atoms with van der Waals surface area (Å²) in [6.45, 7) is 0. The van der Waals surface area contributed by atoms with Gasteiger partial charge in [0.05, 0.1) is 6.20 Å². The van der Waals surface area contributed by atoms with E-state index in [-0.39, 0.29) is 0 Å². The summed E-state index contributed by atoms with van der Waals surface area (Å²) in [4.78, 5) is 0. The van der Waals surface area contributed by atoms with Gasteiger partial charge in [-0.05, 0) is 12.2 Å². The molecule has 1 aromatic heterocycles. The van der Waals surface area contributed by atoms with Gasteiger partial charge in [-0.2, -0.15) is 9.78 Å². The van der Waals surface area contributed by atoms with Crippen LogP contribution >= 0.6 is 12.2 Å². The van der Waals surface area contributed by atoms with Gasteiger partial charge in [0, 0.05) is 6.07 Å². The van der Waals surface area contributed by atoms with Crippen molar-refractivity contribution in [2.45, 2.75) is 0 Å². The fraction of sp³-hybridized carbons (Fsp3) is 0. The Balaban J connectivity index is 2.73. The quantitative estimate of drug-likeness (QED) is 0.504. The molecular weight excluding hydrogens is 136 g/mol. The Morgan fingerprint density at radius 2 is 2.33 bits per heavy atom. The van der Waals surface area contributed by atoms with Crippen LogP contribution < -0.4 is 0 Å². The minimum absolute atomic E-state index is 0.412. The molecule has 0 bridgehead atoms. The van der Waals surface area contributed by atoms with E-state index in [1.54, 1.807) is 12.3 Å². The van der Waals surface area contributed by atoms with Crippen LogP contribution in [0, 0.1) is 0 Å². The lowest BCUT2D eigenvalue weighted by molar-refractivity contribution is 0.967. The first-order valence-electron chi connectivity index (χ1n) is 2.38. The molecule has 2 heterocycles. The number of hydrogen-bond donors (Lipinski definition) is 0. The molecule has 9 heavy (non-hydrogen) atoms. The molecule has 0 aromatic carbocycles. The first-order chi connectivity index (χ1) is 4.38. The molecule has 1 aliphatic rings. The summed E-state index contributed by atoms with van der Waals surface area (Å²) in [6.07, 6.45) is 1.64. The first kappa shape index (κ1) is 4.75. The van der Waals surface area contributed by atoms with Crippen molar-refractivity contribution in [3.63, 3.8) is 0 Å². The summed E-state index contributed by atoms with van der Waals surface area (Å²) in [5, 5.41) is 11.6. The first-order valence-corrected chi connectivity index (χ1v) is 2.79. The molecule has 2 rings (SSSR count). The standard InChI is InChI=1S/C4H2N4S/c9-4-7-6-3-1-2-5-8(3)4/h1-2H. The van der Waals surface area contributed by atoms with Gasteiger partial charge in [-0.25, -0.2) is 0 Å². The average molecular weight is 138 g/mol. The summed E-state index contributed by atoms with van der Waals surface area (Å²) in [5.74, 6) is 0.708. The van der Waals surface area contributed by atoms with E-state index in [0.29, 0.717) is 10.9 Å². The van der Waals surface area contributed by atoms with Gasteiger partial charge in [-0.15, -0.1) is 10.2 Å². The minimum atomic E-state index is 0.412. The fourth-order valence-electron chi connectivity index (χ4n) is 0.656. The van der Waals surface area contributed by atoms with E-state index in [1.807, 2.05) is 0 Å². The predicted molar refractivity (Wildman–Crippen MR) is 34.7 cm³/mol. The Morgan fingerprint density at radius 3 is 3.11 bits per heavy atom. The fourth-order valence-corrected chi connectivity index (χ4v) is 0.837. The van der Waals surface area contributed by atoms with E-state index < -0.39 is 0 Å². The summed E-state index contributed by atoms with van der Waals surface area (Å²) in [6, 6.07) is 1.75. The highest BCUT2D eigenvalue weighted by molar-refractivity contribution is 7.80. The van der Waals surface area contributed by atoms with Gasteiger partial charge in [-0.3, -0.25) is 0 Å². The second-order valence-electron chi connectivity index (χ2n) is 1.58. The monoisotopic (exact) mass is 138 g/mol. The molecule has 0 aliphatic carbocycles. The maximum Gasteiger partial charge on any atom is 0.243 e. The van der Waals surface area contributed by atoms with Crippen LogP contribution in [-0.4, -0.2) is 14.9 Å². The Bertz CT molecular complexity index is 287. The number of nitrogens with zero attached hydrogens (tertiary/aromatic N) is 4. The molecule has 0 radical (unpaired) electrons. The molecule has 0 amide bonds. The Kier molecular flexibility index (Phi) is 0.762. The number of fused-ring (bicyclic) bond motifs is 1. The van der Waals surface area contributed by atoms with E-state index >= 15 is 0 Å². The Labute approximate surface area is 56.2 Å². The van der Waals surface area contributed by atoms with Crippen LogP contribution in [0.2, 0.25) is 0 Å². The summed E-state index contributed by atoms with van der Waals surface area (Å²) in [7, 11) is 0. The normalized spacial score (nSPS) is 14.4. The molecule has 0 fully saturated rings. The van der Waals surface area contributed by atoms with Crippen molar-refractivity contribution in [1.82, 2.24) is 9.78 Å². The highest BCUT2D eigenvalue weighted by Gasteiger charge is 2.10. The molecule has 5 heteroatoms. The van der Waals surface area contributed by atoms with Crippen LogP contribution in [0.15, 0.2) is 22.5 Å². The highest BCUT2D eigenvalue weighted by atomic mass is 32.1. The molecule has 44 valence electrons. The number of azo groups is 1. The van der Waals surface area contributed by atoms with Gasteiger partial charge in [-0.1, -0.05) is 0 Å². The molecule has 0 saturated heterocycles. The van der Waals surface area contributed by atoms with E-state index in [9.17, 15) is 0 Å². The summed E-state index contributed by atoms with van der Waals surface area (Å²) >= 11 is 4.77. The third-order valence-electron chi connectivity index (χ3n) is 1.04. The zero-order valence-electron chi connectivity index (χ0n) is 4.35. The highest BCUT2D eigenvalue weighted by Crippen LogP contribution is 2.17. The second kappa shape index (κ2) is 1.44. The van der Waals surface area contributed by atoms with Crippen molar-refractivity contribution in [2.75, 3.05) is 0 Å². The van der Waals surface area contributed by atoms with Crippen molar-refractivity contribution in [3.8, 4) is 0 Å². The van der Waals surface area contributed by atoms with Crippen LogP contribution in [0.3, 0.4) is 0 Å². The van der Waals surface area contributed by atoms with Gasteiger partial charge >= 0.3 is 0 Å². The smallest absolute Gasteiger partial charge is 0.184 e. The Hall–Kier alpha value is -1.10. The number of thiocarbonyl (C=S) groups is 1. The molecule has 0 saturated carbocycles. The van der Waals surface area contributed by atoms with Crippen molar-refractivity contribution in [3.05, 3.63) is 12.3 Å². The summed E-state index contributed by atoms with van der Waals surface area (Å²) in [5.41, 5.74) is 0. The largest absolute Gasteiger partial charge is 0.243 e. The number of rotatable bonds is 0. The molecule has 4 nitrogen and oxygen atoms in total. The zero-order valence-corrected chi connectivity index (χ0v) is 5.17. The predicted octanol–water partition coefficient (Wildman–Crippen LogP) is 1.11. The van der Waals surface area contributed by atoms with E-state index in [2.05, 4.69) is 15.3 Å².